The fraction of sp³-hybridized carbons (Fsp3) is 0.929. The summed E-state index contributed by atoms with van der Waals surface area (Å²) in [7, 11) is 1.63. The number of carbonyl (C=O) groups excluding carboxylic acids is 1. The lowest BCUT2D eigenvalue weighted by Crippen LogP contribution is -2.45. The molecule has 0 aromatic carbocycles. The third kappa shape index (κ3) is 4.92. The molecule has 0 aromatic heterocycles. The number of rotatable bonds is 6. The molecule has 2 saturated heterocycles. The summed E-state index contributed by atoms with van der Waals surface area (Å²) in [6, 6.07) is 0.537. The molecule has 2 rings (SSSR count). The van der Waals surface area contributed by atoms with Crippen molar-refractivity contribution in [3.8, 4) is 0 Å². The fourth-order valence-electron chi connectivity index (χ4n) is 2.90. The van der Waals surface area contributed by atoms with E-state index in [1.54, 1.807) is 7.11 Å². The van der Waals surface area contributed by atoms with Crippen molar-refractivity contribution in [1.29, 1.82) is 0 Å². The molecule has 116 valence electrons. The van der Waals surface area contributed by atoms with Crippen molar-refractivity contribution in [1.82, 2.24) is 15.5 Å². The minimum absolute atomic E-state index is 0.0892. The highest BCUT2D eigenvalue weighted by atomic mass is 16.5. The third-order valence-corrected chi connectivity index (χ3v) is 4.21. The van der Waals surface area contributed by atoms with Gasteiger partial charge in [0, 0.05) is 32.8 Å². The Morgan fingerprint density at radius 2 is 2.10 bits per heavy atom. The highest BCUT2D eigenvalue weighted by Gasteiger charge is 2.27. The summed E-state index contributed by atoms with van der Waals surface area (Å²) >= 11 is 0. The summed E-state index contributed by atoms with van der Waals surface area (Å²) in [4.78, 5) is 14.1. The average molecular weight is 285 g/mol. The maximum atomic E-state index is 11.5. The van der Waals surface area contributed by atoms with E-state index in [0.29, 0.717) is 25.1 Å². The van der Waals surface area contributed by atoms with Gasteiger partial charge in [-0.05, 0) is 38.3 Å². The van der Waals surface area contributed by atoms with E-state index < -0.39 is 0 Å². The van der Waals surface area contributed by atoms with Crippen LogP contribution in [-0.2, 0) is 9.47 Å². The average Bonchev–Trinajstić information content (AvgIpc) is 3.00. The van der Waals surface area contributed by atoms with Crippen molar-refractivity contribution in [2.24, 2.45) is 5.92 Å². The van der Waals surface area contributed by atoms with Gasteiger partial charge in [0.15, 0.2) is 0 Å². The minimum Gasteiger partial charge on any atom is -0.383 e. The van der Waals surface area contributed by atoms with Crippen LogP contribution in [0.3, 0.4) is 0 Å². The number of nitrogens with one attached hydrogen (secondary N) is 2. The zero-order chi connectivity index (χ0) is 14.2. The summed E-state index contributed by atoms with van der Waals surface area (Å²) in [6.45, 7) is 5.95. The van der Waals surface area contributed by atoms with E-state index in [9.17, 15) is 4.79 Å². The summed E-state index contributed by atoms with van der Waals surface area (Å²) in [5, 5.41) is 5.72. The smallest absolute Gasteiger partial charge is 0.314 e. The second kappa shape index (κ2) is 8.44. The lowest BCUT2D eigenvalue weighted by Gasteiger charge is -2.35. The first-order valence-corrected chi connectivity index (χ1v) is 7.62. The molecule has 0 bridgehead atoms. The van der Waals surface area contributed by atoms with Crippen LogP contribution in [0.2, 0.25) is 0 Å². The maximum absolute atomic E-state index is 11.5. The molecular formula is C14H27N3O3. The highest BCUT2D eigenvalue weighted by molar-refractivity contribution is 5.73. The number of urea groups is 1. The van der Waals surface area contributed by atoms with Crippen LogP contribution in [0.25, 0.3) is 0 Å². The van der Waals surface area contributed by atoms with E-state index >= 15 is 0 Å². The van der Waals surface area contributed by atoms with Crippen molar-refractivity contribution in [3.63, 3.8) is 0 Å². The molecular weight excluding hydrogens is 258 g/mol. The molecule has 0 unspecified atom stereocenters. The molecule has 1 atom stereocenters. The zero-order valence-electron chi connectivity index (χ0n) is 12.4. The molecule has 2 fully saturated rings. The molecule has 0 saturated carbocycles. The molecule has 6 heteroatoms. The van der Waals surface area contributed by atoms with E-state index in [2.05, 4.69) is 15.5 Å². The largest absolute Gasteiger partial charge is 0.383 e. The van der Waals surface area contributed by atoms with Gasteiger partial charge in [-0.3, -0.25) is 4.90 Å². The van der Waals surface area contributed by atoms with E-state index in [1.165, 1.54) is 6.42 Å². The maximum Gasteiger partial charge on any atom is 0.314 e. The van der Waals surface area contributed by atoms with Crippen LogP contribution >= 0.6 is 0 Å². The number of likely N-dealkylation sites (tertiary alicyclic amines) is 1. The first-order chi connectivity index (χ1) is 9.79. The predicted molar refractivity (Wildman–Crippen MR) is 76.8 cm³/mol. The van der Waals surface area contributed by atoms with Crippen LogP contribution in [0, 0.1) is 5.92 Å². The highest BCUT2D eigenvalue weighted by Crippen LogP contribution is 2.21. The number of nitrogens with zero attached hydrogens (tertiary/aromatic N) is 1. The van der Waals surface area contributed by atoms with Crippen LogP contribution < -0.4 is 10.6 Å². The van der Waals surface area contributed by atoms with Gasteiger partial charge in [0.2, 0.25) is 0 Å². The number of carbonyl (C=O) groups is 1. The van der Waals surface area contributed by atoms with Crippen molar-refractivity contribution >= 4 is 6.03 Å². The zero-order valence-corrected chi connectivity index (χ0v) is 12.4. The Bertz CT molecular complexity index is 287. The minimum atomic E-state index is -0.0892. The van der Waals surface area contributed by atoms with E-state index in [4.69, 9.17) is 9.47 Å². The standard InChI is InChI=1S/C14H27N3O3/c1-19-9-5-15-14(18)16-10-12-2-6-17(7-3-12)13-4-8-20-11-13/h12-13H,2-11H2,1H3,(H2,15,16,18)/t13-/m1/s1. The number of amides is 2. The Balaban J connectivity index is 1.56. The Morgan fingerprint density at radius 3 is 2.75 bits per heavy atom. The van der Waals surface area contributed by atoms with Gasteiger partial charge in [0.1, 0.15) is 0 Å². The van der Waals surface area contributed by atoms with Gasteiger partial charge in [0.25, 0.3) is 0 Å². The van der Waals surface area contributed by atoms with Gasteiger partial charge in [0.05, 0.1) is 13.2 Å². The van der Waals surface area contributed by atoms with Crippen molar-refractivity contribution in [2.75, 3.05) is 53.1 Å². The van der Waals surface area contributed by atoms with Gasteiger partial charge in [-0.15, -0.1) is 0 Å². The van der Waals surface area contributed by atoms with E-state index in [1.807, 2.05) is 0 Å². The van der Waals surface area contributed by atoms with Crippen LogP contribution in [-0.4, -0.2) is 70.1 Å². The second-order valence-electron chi connectivity index (χ2n) is 5.63. The molecule has 2 amide bonds. The number of ether oxygens (including phenoxy) is 2. The number of methoxy groups -OCH3 is 1. The third-order valence-electron chi connectivity index (χ3n) is 4.21. The number of piperidine rings is 1. The van der Waals surface area contributed by atoms with Crippen LogP contribution in [0.1, 0.15) is 19.3 Å². The van der Waals surface area contributed by atoms with E-state index in [0.717, 1.165) is 45.7 Å². The first kappa shape index (κ1) is 15.5. The Labute approximate surface area is 121 Å². The van der Waals surface area contributed by atoms with Gasteiger partial charge in [-0.25, -0.2) is 4.79 Å². The van der Waals surface area contributed by atoms with Crippen molar-refractivity contribution < 1.29 is 14.3 Å². The van der Waals surface area contributed by atoms with Crippen molar-refractivity contribution in [3.05, 3.63) is 0 Å². The van der Waals surface area contributed by atoms with Gasteiger partial charge >= 0.3 is 6.03 Å². The molecule has 2 heterocycles. The summed E-state index contributed by atoms with van der Waals surface area (Å²) in [5.41, 5.74) is 0. The summed E-state index contributed by atoms with van der Waals surface area (Å²) < 4.78 is 10.3. The van der Waals surface area contributed by atoms with Crippen LogP contribution in [0.15, 0.2) is 0 Å². The molecule has 0 spiro atoms. The first-order valence-electron chi connectivity index (χ1n) is 7.62. The Kier molecular flexibility index (Phi) is 6.56. The quantitative estimate of drug-likeness (QED) is 0.695. The normalized spacial score (nSPS) is 24.8. The molecule has 2 aliphatic heterocycles. The lowest BCUT2D eigenvalue weighted by molar-refractivity contribution is 0.110. The number of hydrogen-bond acceptors (Lipinski definition) is 4. The molecule has 6 nitrogen and oxygen atoms in total. The molecule has 0 aromatic rings. The van der Waals surface area contributed by atoms with Crippen LogP contribution in [0.4, 0.5) is 4.79 Å². The Morgan fingerprint density at radius 1 is 1.30 bits per heavy atom. The monoisotopic (exact) mass is 285 g/mol. The predicted octanol–water partition coefficient (Wildman–Crippen LogP) is 0.433. The van der Waals surface area contributed by atoms with Gasteiger partial charge in [-0.2, -0.15) is 0 Å². The van der Waals surface area contributed by atoms with E-state index in [-0.39, 0.29) is 6.03 Å². The van der Waals surface area contributed by atoms with Crippen molar-refractivity contribution in [2.45, 2.75) is 25.3 Å². The fourth-order valence-corrected chi connectivity index (χ4v) is 2.90. The molecule has 0 aliphatic carbocycles. The lowest BCUT2D eigenvalue weighted by atomic mass is 9.95. The topological polar surface area (TPSA) is 62.8 Å². The SMILES string of the molecule is COCCNC(=O)NCC1CCN([C@@H]2CCOC2)CC1. The number of hydrogen-bond donors (Lipinski definition) is 2. The molecule has 2 N–H and O–H groups in total. The van der Waals surface area contributed by atoms with Gasteiger partial charge < -0.3 is 20.1 Å². The molecule has 2 aliphatic rings. The summed E-state index contributed by atoms with van der Waals surface area (Å²) in [6.07, 6.45) is 3.49. The molecule has 20 heavy (non-hydrogen) atoms. The Hall–Kier alpha value is -0.850. The van der Waals surface area contributed by atoms with Gasteiger partial charge in [-0.1, -0.05) is 0 Å². The second-order valence-corrected chi connectivity index (χ2v) is 5.63. The summed E-state index contributed by atoms with van der Waals surface area (Å²) in [5.74, 6) is 0.599. The molecule has 0 radical (unpaired) electrons. The van der Waals surface area contributed by atoms with Crippen LogP contribution in [0.5, 0.6) is 0 Å².